The molecule has 0 saturated carbocycles. The molecule has 1 saturated heterocycles. The Bertz CT molecular complexity index is 1820. The molecular weight excluding hydrogens is 637 g/mol. The summed E-state index contributed by atoms with van der Waals surface area (Å²) in [5.41, 5.74) is 3.09. The average Bonchev–Trinajstić information content (AvgIpc) is 3.07. The van der Waals surface area contributed by atoms with E-state index in [2.05, 4.69) is 17.0 Å². The van der Waals surface area contributed by atoms with E-state index in [4.69, 9.17) is 27.9 Å². The summed E-state index contributed by atoms with van der Waals surface area (Å²) in [6.45, 7) is 4.27. The Labute approximate surface area is 283 Å². The van der Waals surface area contributed by atoms with Crippen LogP contribution in [0.2, 0.25) is 10.0 Å². The van der Waals surface area contributed by atoms with Gasteiger partial charge in [0.15, 0.2) is 0 Å². The lowest BCUT2D eigenvalue weighted by Gasteiger charge is -2.35. The van der Waals surface area contributed by atoms with Crippen LogP contribution >= 0.6 is 23.2 Å². The summed E-state index contributed by atoms with van der Waals surface area (Å²) in [5.74, 6) is 0.671. The van der Waals surface area contributed by atoms with Gasteiger partial charge in [0.05, 0.1) is 38.6 Å². The van der Waals surface area contributed by atoms with Crippen molar-refractivity contribution in [3.05, 3.63) is 105 Å². The molecule has 6 rings (SSSR count). The monoisotopic (exact) mass is 673 g/mol. The van der Waals surface area contributed by atoms with E-state index in [1.165, 1.54) is 5.56 Å². The van der Waals surface area contributed by atoms with E-state index in [9.17, 15) is 14.3 Å². The second-order valence-corrected chi connectivity index (χ2v) is 14.3. The topological polar surface area (TPSA) is 73.6 Å². The van der Waals surface area contributed by atoms with E-state index in [1.807, 2.05) is 65.6 Å². The number of halogens is 2. The summed E-state index contributed by atoms with van der Waals surface area (Å²) in [6.07, 6.45) is 5.28. The molecule has 2 heterocycles. The van der Waals surface area contributed by atoms with Crippen molar-refractivity contribution in [2.45, 2.75) is 42.4 Å². The summed E-state index contributed by atoms with van der Waals surface area (Å²) in [6, 6.07) is 25.6. The first-order valence-corrected chi connectivity index (χ1v) is 18.1. The van der Waals surface area contributed by atoms with Crippen LogP contribution in [0.3, 0.4) is 0 Å². The van der Waals surface area contributed by atoms with Crippen LogP contribution in [0.15, 0.2) is 77.7 Å². The lowest BCUT2D eigenvalue weighted by molar-refractivity contribution is 0.0711. The normalized spacial score (nSPS) is 17.4. The number of piperidine rings is 1. The van der Waals surface area contributed by atoms with Gasteiger partial charge < -0.3 is 14.5 Å². The van der Waals surface area contributed by atoms with Crippen molar-refractivity contribution in [2.75, 3.05) is 45.6 Å². The van der Waals surface area contributed by atoms with Gasteiger partial charge in [0.25, 0.3) is 5.91 Å². The third-order valence-corrected chi connectivity index (χ3v) is 11.1. The molecule has 1 amide bonds. The molecule has 2 aliphatic rings. The summed E-state index contributed by atoms with van der Waals surface area (Å²) >= 11 is 12.8. The number of benzene rings is 4. The van der Waals surface area contributed by atoms with E-state index in [1.54, 1.807) is 12.3 Å². The Morgan fingerprint density at radius 1 is 1.00 bits per heavy atom. The maximum absolute atomic E-state index is 14.4. The fourth-order valence-corrected chi connectivity index (χ4v) is 8.06. The fraction of sp³-hybridized carbons (Fsp3) is 0.351. The van der Waals surface area contributed by atoms with Gasteiger partial charge in [0, 0.05) is 30.2 Å². The van der Waals surface area contributed by atoms with Crippen LogP contribution in [0.4, 0.5) is 0 Å². The summed E-state index contributed by atoms with van der Waals surface area (Å²) in [5, 5.41) is 12.6. The largest absolute Gasteiger partial charge is 0.491 e. The molecule has 1 fully saturated rings. The molecule has 4 aromatic rings. The van der Waals surface area contributed by atoms with Crippen molar-refractivity contribution >= 4 is 50.7 Å². The lowest BCUT2D eigenvalue weighted by atomic mass is 9.88. The van der Waals surface area contributed by atoms with Crippen LogP contribution in [-0.2, 0) is 10.8 Å². The lowest BCUT2D eigenvalue weighted by Crippen LogP contribution is -2.39. The number of carbonyl (C=O) groups is 1. The van der Waals surface area contributed by atoms with Gasteiger partial charge >= 0.3 is 0 Å². The molecular formula is C37H37Cl2N3O3S. The highest BCUT2D eigenvalue weighted by Gasteiger charge is 2.30. The smallest absolute Gasteiger partial charge is 0.258 e. The molecule has 2 aliphatic heterocycles. The zero-order valence-corrected chi connectivity index (χ0v) is 28.2. The summed E-state index contributed by atoms with van der Waals surface area (Å²) in [4.78, 5) is 19.7. The van der Waals surface area contributed by atoms with Crippen molar-refractivity contribution in [3.8, 4) is 11.8 Å². The van der Waals surface area contributed by atoms with E-state index >= 15 is 0 Å². The number of amides is 1. The highest BCUT2D eigenvalue weighted by Crippen LogP contribution is 2.37. The van der Waals surface area contributed by atoms with Crippen LogP contribution in [-0.4, -0.2) is 65.5 Å². The minimum atomic E-state index is -1.01. The Morgan fingerprint density at radius 3 is 2.52 bits per heavy atom. The zero-order chi connectivity index (χ0) is 32.2. The summed E-state index contributed by atoms with van der Waals surface area (Å²) < 4.78 is 18.4. The third-order valence-electron chi connectivity index (χ3n) is 9.35. The van der Waals surface area contributed by atoms with Crippen molar-refractivity contribution in [2.24, 2.45) is 0 Å². The molecule has 2 atom stereocenters. The molecule has 0 spiro atoms. The van der Waals surface area contributed by atoms with Crippen molar-refractivity contribution in [1.82, 2.24) is 9.80 Å². The molecule has 0 N–H and O–H groups in total. The number of ether oxygens (including phenoxy) is 1. The van der Waals surface area contributed by atoms with Gasteiger partial charge in [-0.1, -0.05) is 71.7 Å². The average molecular weight is 675 g/mol. The predicted molar refractivity (Wildman–Crippen MR) is 186 cm³/mol. The van der Waals surface area contributed by atoms with E-state index in [0.717, 1.165) is 60.1 Å². The van der Waals surface area contributed by atoms with Gasteiger partial charge in [-0.05, 0) is 97.4 Å². The maximum atomic E-state index is 14.4. The molecule has 6 nitrogen and oxygen atoms in total. The highest BCUT2D eigenvalue weighted by molar-refractivity contribution is 7.84. The van der Waals surface area contributed by atoms with Crippen molar-refractivity contribution in [1.29, 1.82) is 5.26 Å². The Balaban J connectivity index is 1.23. The first kappa shape index (κ1) is 32.5. The van der Waals surface area contributed by atoms with Crippen molar-refractivity contribution in [3.63, 3.8) is 0 Å². The van der Waals surface area contributed by atoms with Crippen molar-refractivity contribution < 1.29 is 13.7 Å². The minimum Gasteiger partial charge on any atom is -0.491 e. The summed E-state index contributed by atoms with van der Waals surface area (Å²) in [7, 11) is -1.01. The first-order chi connectivity index (χ1) is 22.3. The number of fused-ring (bicyclic) bond motifs is 3. The molecule has 0 aromatic heterocycles. The Morgan fingerprint density at radius 2 is 1.76 bits per heavy atom. The predicted octanol–water partition coefficient (Wildman–Crippen LogP) is 8.03. The van der Waals surface area contributed by atoms with Crippen LogP contribution in [0.5, 0.6) is 5.75 Å². The number of hydrogen-bond acceptors (Lipinski definition) is 5. The number of rotatable bonds is 8. The van der Waals surface area contributed by atoms with Gasteiger partial charge in [-0.25, -0.2) is 0 Å². The van der Waals surface area contributed by atoms with E-state index in [0.29, 0.717) is 59.0 Å². The SMILES string of the molecule is C[S@](=O)c1ccccc1C1CCN(CC[C@H](CN2CCCOc3c(C#N)cc4ccccc4c3C2=O)c2ccc(Cl)c(Cl)c2)CC1. The van der Waals surface area contributed by atoms with E-state index in [-0.39, 0.29) is 11.8 Å². The highest BCUT2D eigenvalue weighted by atomic mass is 35.5. The maximum Gasteiger partial charge on any atom is 0.258 e. The van der Waals surface area contributed by atoms with Crippen LogP contribution in [0.1, 0.15) is 64.6 Å². The number of nitrogens with zero attached hydrogens (tertiary/aromatic N) is 3. The second-order valence-electron chi connectivity index (χ2n) is 12.2. The number of hydrogen-bond donors (Lipinski definition) is 0. The van der Waals surface area contributed by atoms with Crippen LogP contribution in [0.25, 0.3) is 10.8 Å². The van der Waals surface area contributed by atoms with E-state index < -0.39 is 10.8 Å². The molecule has 0 unspecified atom stereocenters. The quantitative estimate of drug-likeness (QED) is 0.189. The van der Waals surface area contributed by atoms with Gasteiger partial charge in [0.1, 0.15) is 11.8 Å². The molecule has 46 heavy (non-hydrogen) atoms. The third kappa shape index (κ3) is 6.96. The first-order valence-electron chi connectivity index (χ1n) is 15.8. The molecule has 9 heteroatoms. The zero-order valence-electron chi connectivity index (χ0n) is 25.9. The molecule has 0 aliphatic carbocycles. The van der Waals surface area contributed by atoms with Gasteiger partial charge in [-0.2, -0.15) is 5.26 Å². The fourth-order valence-electron chi connectivity index (χ4n) is 6.92. The van der Waals surface area contributed by atoms with Gasteiger partial charge in [-0.15, -0.1) is 0 Å². The minimum absolute atomic E-state index is 0.0221. The van der Waals surface area contributed by atoms with Crippen LogP contribution in [0, 0.1) is 11.3 Å². The number of nitriles is 1. The molecule has 0 radical (unpaired) electrons. The number of carbonyl (C=O) groups excluding carboxylic acids is 1. The number of likely N-dealkylation sites (tertiary alicyclic amines) is 1. The van der Waals surface area contributed by atoms with Gasteiger partial charge in [0.2, 0.25) is 0 Å². The van der Waals surface area contributed by atoms with Gasteiger partial charge in [-0.3, -0.25) is 9.00 Å². The molecule has 4 aromatic carbocycles. The molecule has 0 bridgehead atoms. The standard InChI is InChI=1S/C37H37Cl2N3O3S/c1-46(44)34-10-5-4-8-30(34)25-13-17-41(18-14-25)19-15-28(26-11-12-32(38)33(39)22-26)24-42-16-6-20-45-36-29(23-40)21-27-7-2-3-9-31(27)35(36)37(42)43/h2-5,7-12,21-22,25,28H,6,13-20,24H2,1H3/t28-,46+/m1/s1. The second kappa shape index (κ2) is 14.6. The molecule has 238 valence electrons. The van der Waals surface area contributed by atoms with Crippen LogP contribution < -0.4 is 4.74 Å². The Kier molecular flexibility index (Phi) is 10.3. The Hall–Kier alpha value is -3.41.